The van der Waals surface area contributed by atoms with Crippen molar-refractivity contribution in [2.45, 2.75) is 32.9 Å². The van der Waals surface area contributed by atoms with Gasteiger partial charge >= 0.3 is 0 Å². The van der Waals surface area contributed by atoms with E-state index in [-0.39, 0.29) is 24.0 Å². The smallest absolute Gasteiger partial charge is 0.191 e. The van der Waals surface area contributed by atoms with E-state index in [1.807, 2.05) is 32.0 Å². The van der Waals surface area contributed by atoms with Gasteiger partial charge in [-0.05, 0) is 50.4 Å². The lowest BCUT2D eigenvalue weighted by Gasteiger charge is -2.22. The van der Waals surface area contributed by atoms with Gasteiger partial charge in [0.1, 0.15) is 17.1 Å². The second kappa shape index (κ2) is 9.27. The number of guanidine groups is 1. The molecule has 7 heteroatoms. The molecular weight excluding hydrogens is 455 g/mol. The first kappa shape index (κ1) is 21.3. The Hall–Kier alpha value is -2.00. The number of hydrogen-bond donors (Lipinski definition) is 4. The second-order valence-electron chi connectivity index (χ2n) is 6.61. The Morgan fingerprint density at radius 2 is 2.00 bits per heavy atom. The number of aromatic nitrogens is 1. The maximum atomic E-state index is 10.7. The first-order valence-corrected chi connectivity index (χ1v) is 8.86. The molecule has 4 N–H and O–H groups in total. The summed E-state index contributed by atoms with van der Waals surface area (Å²) in [4.78, 5) is 7.97. The van der Waals surface area contributed by atoms with Gasteiger partial charge in [0.15, 0.2) is 5.96 Å². The van der Waals surface area contributed by atoms with Crippen molar-refractivity contribution in [3.05, 3.63) is 59.7 Å². The van der Waals surface area contributed by atoms with Gasteiger partial charge < -0.3 is 25.1 Å². The third-order valence-corrected chi connectivity index (χ3v) is 4.21. The van der Waals surface area contributed by atoms with E-state index in [0.717, 1.165) is 23.5 Å². The van der Waals surface area contributed by atoms with Gasteiger partial charge in [0.25, 0.3) is 0 Å². The number of aryl methyl sites for hydroxylation is 1. The van der Waals surface area contributed by atoms with Crippen molar-refractivity contribution in [1.82, 2.24) is 15.6 Å². The predicted octanol–water partition coefficient (Wildman–Crippen LogP) is 3.65. The van der Waals surface area contributed by atoms with Gasteiger partial charge in [-0.1, -0.05) is 18.2 Å². The minimum atomic E-state index is -1.12. The first-order valence-electron chi connectivity index (χ1n) is 8.86. The van der Waals surface area contributed by atoms with Gasteiger partial charge in [-0.2, -0.15) is 0 Å². The van der Waals surface area contributed by atoms with Gasteiger partial charge in [0.2, 0.25) is 0 Å². The van der Waals surface area contributed by atoms with E-state index >= 15 is 0 Å². The standard InChI is InChI=1S/C20H26N4O2.HI/c1-4-21-19(23-13-20(3,25)18-10-9-14(2)26-18)22-12-16-11-15-7-5-6-8-17(15)24-16;/h5-11,24-25H,4,12-13H2,1-3H3,(H2,21,22,23);1H. The van der Waals surface area contributed by atoms with Crippen LogP contribution in [0, 0.1) is 6.92 Å². The van der Waals surface area contributed by atoms with Crippen LogP contribution in [-0.2, 0) is 12.1 Å². The molecule has 0 bridgehead atoms. The lowest BCUT2D eigenvalue weighted by atomic mass is 10.0. The average Bonchev–Trinajstić information content (AvgIpc) is 3.23. The molecule has 0 amide bonds. The summed E-state index contributed by atoms with van der Waals surface area (Å²) in [5.74, 6) is 1.96. The van der Waals surface area contributed by atoms with Crippen molar-refractivity contribution in [1.29, 1.82) is 0 Å². The molecule has 0 spiro atoms. The molecule has 27 heavy (non-hydrogen) atoms. The van der Waals surface area contributed by atoms with Crippen LogP contribution in [0.4, 0.5) is 0 Å². The fraction of sp³-hybridized carbons (Fsp3) is 0.350. The molecule has 0 radical (unpaired) electrons. The molecule has 3 rings (SSSR count). The molecule has 6 nitrogen and oxygen atoms in total. The highest BCUT2D eigenvalue weighted by Crippen LogP contribution is 2.22. The third-order valence-electron chi connectivity index (χ3n) is 4.21. The fourth-order valence-electron chi connectivity index (χ4n) is 2.79. The largest absolute Gasteiger partial charge is 0.463 e. The van der Waals surface area contributed by atoms with Crippen LogP contribution in [0.1, 0.15) is 31.1 Å². The van der Waals surface area contributed by atoms with E-state index in [1.165, 1.54) is 5.39 Å². The summed E-state index contributed by atoms with van der Waals surface area (Å²) in [6, 6.07) is 13.9. The number of aliphatic imine (C=N–C) groups is 1. The molecule has 2 heterocycles. The topological polar surface area (TPSA) is 85.6 Å². The molecule has 2 aromatic heterocycles. The molecule has 0 saturated heterocycles. The van der Waals surface area contributed by atoms with Crippen LogP contribution < -0.4 is 10.6 Å². The summed E-state index contributed by atoms with van der Waals surface area (Å²) >= 11 is 0. The number of H-pyrrole nitrogens is 1. The first-order chi connectivity index (χ1) is 12.5. The van der Waals surface area contributed by atoms with Gasteiger partial charge in [-0.15, -0.1) is 24.0 Å². The molecule has 0 fully saturated rings. The number of nitrogens with one attached hydrogen (secondary N) is 3. The van der Waals surface area contributed by atoms with E-state index in [2.05, 4.69) is 38.8 Å². The number of rotatable bonds is 6. The second-order valence-corrected chi connectivity index (χ2v) is 6.61. The van der Waals surface area contributed by atoms with E-state index in [1.54, 1.807) is 13.0 Å². The number of nitrogens with zero attached hydrogens (tertiary/aromatic N) is 1. The number of para-hydroxylation sites is 1. The minimum Gasteiger partial charge on any atom is -0.463 e. The minimum absolute atomic E-state index is 0. The van der Waals surface area contributed by atoms with E-state index < -0.39 is 5.60 Å². The normalized spacial score (nSPS) is 13.9. The summed E-state index contributed by atoms with van der Waals surface area (Å²) in [6.07, 6.45) is 0. The van der Waals surface area contributed by atoms with Crippen molar-refractivity contribution in [2.24, 2.45) is 4.99 Å². The molecule has 0 aliphatic heterocycles. The van der Waals surface area contributed by atoms with Crippen molar-refractivity contribution < 1.29 is 9.52 Å². The monoisotopic (exact) mass is 482 g/mol. The Labute approximate surface area is 176 Å². The molecule has 1 unspecified atom stereocenters. The van der Waals surface area contributed by atoms with Gasteiger partial charge in [-0.25, -0.2) is 4.99 Å². The van der Waals surface area contributed by atoms with Crippen molar-refractivity contribution in [3.63, 3.8) is 0 Å². The highest BCUT2D eigenvalue weighted by Gasteiger charge is 2.27. The van der Waals surface area contributed by atoms with Gasteiger partial charge in [0, 0.05) is 17.8 Å². The lowest BCUT2D eigenvalue weighted by Crippen LogP contribution is -2.44. The molecule has 1 atom stereocenters. The summed E-state index contributed by atoms with van der Waals surface area (Å²) in [6.45, 7) is 7.14. The molecule has 0 aliphatic carbocycles. The van der Waals surface area contributed by atoms with Crippen LogP contribution in [0.2, 0.25) is 0 Å². The van der Waals surface area contributed by atoms with E-state index in [0.29, 0.717) is 24.8 Å². The zero-order valence-electron chi connectivity index (χ0n) is 15.9. The van der Waals surface area contributed by atoms with Gasteiger partial charge in [-0.3, -0.25) is 0 Å². The van der Waals surface area contributed by atoms with Crippen LogP contribution >= 0.6 is 24.0 Å². The zero-order valence-corrected chi connectivity index (χ0v) is 18.2. The Morgan fingerprint density at radius 3 is 2.67 bits per heavy atom. The van der Waals surface area contributed by atoms with E-state index in [4.69, 9.17) is 4.42 Å². The number of fused-ring (bicyclic) bond motifs is 1. The fourth-order valence-corrected chi connectivity index (χ4v) is 2.79. The van der Waals surface area contributed by atoms with Crippen LogP contribution in [0.3, 0.4) is 0 Å². The number of halogens is 1. The molecule has 3 aromatic rings. The van der Waals surface area contributed by atoms with Crippen molar-refractivity contribution in [3.8, 4) is 0 Å². The molecule has 0 saturated carbocycles. The molecular formula is C20H27IN4O2. The highest BCUT2D eigenvalue weighted by molar-refractivity contribution is 14.0. The maximum Gasteiger partial charge on any atom is 0.191 e. The van der Waals surface area contributed by atoms with Crippen LogP contribution in [-0.4, -0.2) is 29.1 Å². The zero-order chi connectivity index (χ0) is 18.6. The maximum absolute atomic E-state index is 10.7. The van der Waals surface area contributed by atoms with Crippen LogP contribution in [0.15, 0.2) is 51.9 Å². The summed E-state index contributed by atoms with van der Waals surface area (Å²) in [5.41, 5.74) is 1.02. The Balaban J connectivity index is 0.00000261. The highest BCUT2D eigenvalue weighted by atomic mass is 127. The molecule has 0 aliphatic rings. The predicted molar refractivity (Wildman–Crippen MR) is 120 cm³/mol. The Bertz CT molecular complexity index is 865. The summed E-state index contributed by atoms with van der Waals surface area (Å²) in [5, 5.41) is 18.2. The van der Waals surface area contributed by atoms with Crippen molar-refractivity contribution >= 4 is 40.8 Å². The Kier molecular flexibility index (Phi) is 7.32. The number of aliphatic hydroxyl groups is 1. The number of hydrogen-bond acceptors (Lipinski definition) is 3. The SMILES string of the molecule is CCNC(=NCc1cc2ccccc2[nH]1)NCC(C)(O)c1ccc(C)o1.I. The number of benzene rings is 1. The van der Waals surface area contributed by atoms with Gasteiger partial charge in [0.05, 0.1) is 13.1 Å². The number of aromatic amines is 1. The Morgan fingerprint density at radius 1 is 1.22 bits per heavy atom. The summed E-state index contributed by atoms with van der Waals surface area (Å²) in [7, 11) is 0. The third kappa shape index (κ3) is 5.49. The lowest BCUT2D eigenvalue weighted by molar-refractivity contribution is 0.0378. The quantitative estimate of drug-likeness (QED) is 0.246. The van der Waals surface area contributed by atoms with E-state index in [9.17, 15) is 5.11 Å². The molecule has 1 aromatic carbocycles. The number of furan rings is 1. The average molecular weight is 482 g/mol. The summed E-state index contributed by atoms with van der Waals surface area (Å²) < 4.78 is 5.55. The molecule has 146 valence electrons. The van der Waals surface area contributed by atoms with Crippen molar-refractivity contribution in [2.75, 3.05) is 13.1 Å². The van der Waals surface area contributed by atoms with Crippen LogP contribution in [0.5, 0.6) is 0 Å². The van der Waals surface area contributed by atoms with Crippen LogP contribution in [0.25, 0.3) is 10.9 Å².